The highest BCUT2D eigenvalue weighted by Gasteiger charge is 2.36. The van der Waals surface area contributed by atoms with E-state index in [9.17, 15) is 18.3 Å². The van der Waals surface area contributed by atoms with E-state index in [1.807, 2.05) is 0 Å². The van der Waals surface area contributed by atoms with E-state index in [1.54, 1.807) is 44.3 Å². The molecule has 0 atom stereocenters. The van der Waals surface area contributed by atoms with Crippen LogP contribution in [0, 0.1) is 0 Å². The minimum atomic E-state index is -4.58. The van der Waals surface area contributed by atoms with Gasteiger partial charge in [-0.2, -0.15) is 18.3 Å². The van der Waals surface area contributed by atoms with Crippen LogP contribution in [0.4, 0.5) is 24.7 Å². The van der Waals surface area contributed by atoms with Gasteiger partial charge in [-0.05, 0) is 44.9 Å². The smallest absolute Gasteiger partial charge is 0.435 e. The van der Waals surface area contributed by atoms with Crippen LogP contribution in [0.5, 0.6) is 11.6 Å². The Hall–Kier alpha value is -3.18. The molecule has 8 nitrogen and oxygen atoms in total. The molecule has 0 radical (unpaired) electrons. The number of hydrogen-bond donors (Lipinski definition) is 2. The second-order valence-corrected chi connectivity index (χ2v) is 8.25. The third-order valence-electron chi connectivity index (χ3n) is 5.14. The van der Waals surface area contributed by atoms with Crippen LogP contribution in [0.15, 0.2) is 42.7 Å². The number of nitrogens with one attached hydrogen (secondary N) is 1. The standard InChI is InChI=1S/C22H24F3N5O3/c1-21(2,31)17-11-14(3-7-26-17)28-19-12-16(4-8-27-19)33-20-13-18(22(23,24)25)29-30(20)15-5-9-32-10-6-15/h3-4,7-8,11-13,15,31H,5-6,9-10H2,1-2H3,(H,26,27,28). The van der Waals surface area contributed by atoms with Gasteiger partial charge < -0.3 is 19.9 Å². The van der Waals surface area contributed by atoms with Crippen LogP contribution in [0.25, 0.3) is 0 Å². The van der Waals surface area contributed by atoms with Gasteiger partial charge in [0.1, 0.15) is 17.2 Å². The molecule has 0 aromatic carbocycles. The van der Waals surface area contributed by atoms with Crippen molar-refractivity contribution >= 4 is 11.5 Å². The molecule has 4 rings (SSSR count). The molecule has 0 aliphatic carbocycles. The van der Waals surface area contributed by atoms with E-state index in [0.717, 1.165) is 6.07 Å². The summed E-state index contributed by atoms with van der Waals surface area (Å²) in [5.41, 5.74) is -1.01. The largest absolute Gasteiger partial charge is 0.439 e. The van der Waals surface area contributed by atoms with E-state index >= 15 is 0 Å². The first kappa shape index (κ1) is 23.0. The number of aromatic nitrogens is 4. The fourth-order valence-electron chi connectivity index (χ4n) is 3.44. The Morgan fingerprint density at radius 2 is 1.79 bits per heavy atom. The highest BCUT2D eigenvalue weighted by atomic mass is 19.4. The minimum absolute atomic E-state index is 0.000368. The zero-order valence-corrected chi connectivity index (χ0v) is 18.1. The third-order valence-corrected chi connectivity index (χ3v) is 5.14. The van der Waals surface area contributed by atoms with Gasteiger partial charge in [0.25, 0.3) is 0 Å². The number of nitrogens with zero attached hydrogens (tertiary/aromatic N) is 4. The predicted octanol–water partition coefficient (Wildman–Crippen LogP) is 4.81. The second kappa shape index (κ2) is 8.99. The number of anilines is 2. The molecular weight excluding hydrogens is 439 g/mol. The van der Waals surface area contributed by atoms with Crippen molar-refractivity contribution in [3.63, 3.8) is 0 Å². The Labute approximate surface area is 188 Å². The van der Waals surface area contributed by atoms with Gasteiger partial charge in [0.15, 0.2) is 5.69 Å². The van der Waals surface area contributed by atoms with Crippen molar-refractivity contribution in [3.8, 4) is 11.6 Å². The predicted molar refractivity (Wildman–Crippen MR) is 113 cm³/mol. The summed E-state index contributed by atoms with van der Waals surface area (Å²) < 4.78 is 52.4. The fraction of sp³-hybridized carbons (Fsp3) is 0.409. The van der Waals surface area contributed by atoms with Crippen LogP contribution in [0.3, 0.4) is 0 Å². The van der Waals surface area contributed by atoms with Crippen LogP contribution >= 0.6 is 0 Å². The van der Waals surface area contributed by atoms with Crippen molar-refractivity contribution in [2.24, 2.45) is 0 Å². The summed E-state index contributed by atoms with van der Waals surface area (Å²) in [4.78, 5) is 8.39. The molecule has 1 aliphatic heterocycles. The van der Waals surface area contributed by atoms with E-state index in [2.05, 4.69) is 20.4 Å². The van der Waals surface area contributed by atoms with Crippen molar-refractivity contribution in [3.05, 3.63) is 54.1 Å². The SMILES string of the molecule is CC(C)(O)c1cc(Nc2cc(Oc3cc(C(F)(F)F)nn3C3CCOCC3)ccn2)ccn1. The molecular formula is C22H24F3N5O3. The molecule has 1 aliphatic rings. The van der Waals surface area contributed by atoms with Crippen LogP contribution in [0.2, 0.25) is 0 Å². The number of rotatable bonds is 6. The normalized spacial score (nSPS) is 15.5. The molecule has 33 heavy (non-hydrogen) atoms. The van der Waals surface area contributed by atoms with Gasteiger partial charge in [-0.3, -0.25) is 4.98 Å². The van der Waals surface area contributed by atoms with Gasteiger partial charge in [-0.25, -0.2) is 9.67 Å². The number of hydrogen-bond acceptors (Lipinski definition) is 7. The van der Waals surface area contributed by atoms with Gasteiger partial charge in [0.05, 0.1) is 11.7 Å². The number of aliphatic hydroxyl groups is 1. The monoisotopic (exact) mass is 463 g/mol. The molecule has 0 unspecified atom stereocenters. The molecule has 0 spiro atoms. The summed E-state index contributed by atoms with van der Waals surface area (Å²) in [6.07, 6.45) is -0.455. The van der Waals surface area contributed by atoms with Crippen LogP contribution < -0.4 is 10.1 Å². The van der Waals surface area contributed by atoms with Crippen LogP contribution in [-0.2, 0) is 16.5 Å². The van der Waals surface area contributed by atoms with Crippen LogP contribution in [0.1, 0.15) is 44.1 Å². The minimum Gasteiger partial charge on any atom is -0.439 e. The van der Waals surface area contributed by atoms with Crippen molar-refractivity contribution in [2.75, 3.05) is 18.5 Å². The quantitative estimate of drug-likeness (QED) is 0.542. The first-order chi connectivity index (χ1) is 15.6. The maximum atomic E-state index is 13.3. The Morgan fingerprint density at radius 1 is 1.06 bits per heavy atom. The van der Waals surface area contributed by atoms with E-state index in [4.69, 9.17) is 9.47 Å². The molecule has 11 heteroatoms. The van der Waals surface area contributed by atoms with E-state index in [1.165, 1.54) is 10.9 Å². The van der Waals surface area contributed by atoms with Crippen molar-refractivity contribution in [2.45, 2.75) is 44.5 Å². The molecule has 0 bridgehead atoms. The summed E-state index contributed by atoms with van der Waals surface area (Å²) in [6.45, 7) is 4.16. The average molecular weight is 463 g/mol. The summed E-state index contributed by atoms with van der Waals surface area (Å²) >= 11 is 0. The van der Waals surface area contributed by atoms with Crippen molar-refractivity contribution < 1.29 is 27.8 Å². The van der Waals surface area contributed by atoms with Crippen LogP contribution in [-0.4, -0.2) is 38.1 Å². The number of halogens is 3. The number of alkyl halides is 3. The molecule has 1 saturated heterocycles. The summed E-state index contributed by atoms with van der Waals surface area (Å²) in [5, 5.41) is 17.0. The van der Waals surface area contributed by atoms with E-state index in [-0.39, 0.29) is 11.9 Å². The Kier molecular flexibility index (Phi) is 6.26. The maximum absolute atomic E-state index is 13.3. The number of ether oxygens (including phenoxy) is 2. The van der Waals surface area contributed by atoms with Gasteiger partial charge in [0, 0.05) is 43.4 Å². The molecule has 1 fully saturated rings. The Morgan fingerprint density at radius 3 is 2.48 bits per heavy atom. The molecule has 3 aromatic heterocycles. The molecule has 4 heterocycles. The van der Waals surface area contributed by atoms with Gasteiger partial charge in [0.2, 0.25) is 5.88 Å². The lowest BCUT2D eigenvalue weighted by molar-refractivity contribution is -0.141. The molecule has 3 aromatic rings. The lowest BCUT2D eigenvalue weighted by atomic mass is 10.0. The first-order valence-electron chi connectivity index (χ1n) is 10.4. The second-order valence-electron chi connectivity index (χ2n) is 8.25. The molecule has 2 N–H and O–H groups in total. The zero-order valence-electron chi connectivity index (χ0n) is 18.1. The van der Waals surface area contributed by atoms with Crippen molar-refractivity contribution in [1.29, 1.82) is 0 Å². The molecule has 176 valence electrons. The summed E-state index contributed by atoms with van der Waals surface area (Å²) in [5.74, 6) is 0.708. The van der Waals surface area contributed by atoms with Gasteiger partial charge in [-0.1, -0.05) is 0 Å². The number of pyridine rings is 2. The van der Waals surface area contributed by atoms with Crippen molar-refractivity contribution in [1.82, 2.24) is 19.7 Å². The lowest BCUT2D eigenvalue weighted by Gasteiger charge is -2.24. The topological polar surface area (TPSA) is 94.3 Å². The highest BCUT2D eigenvalue weighted by molar-refractivity contribution is 5.57. The third kappa shape index (κ3) is 5.60. The van der Waals surface area contributed by atoms with E-state index < -0.39 is 17.5 Å². The molecule has 0 amide bonds. The van der Waals surface area contributed by atoms with Gasteiger partial charge in [-0.15, -0.1) is 0 Å². The fourth-order valence-corrected chi connectivity index (χ4v) is 3.44. The summed E-state index contributed by atoms with van der Waals surface area (Å²) in [6, 6.07) is 7.17. The maximum Gasteiger partial charge on any atom is 0.435 e. The summed E-state index contributed by atoms with van der Waals surface area (Å²) in [7, 11) is 0. The lowest BCUT2D eigenvalue weighted by Crippen LogP contribution is -2.21. The average Bonchev–Trinajstić information content (AvgIpc) is 3.19. The Bertz CT molecular complexity index is 1110. The zero-order chi connectivity index (χ0) is 23.6. The first-order valence-corrected chi connectivity index (χ1v) is 10.4. The van der Waals surface area contributed by atoms with E-state index in [0.29, 0.717) is 49.0 Å². The highest BCUT2D eigenvalue weighted by Crippen LogP contribution is 2.36. The Balaban J connectivity index is 1.58. The van der Waals surface area contributed by atoms with Gasteiger partial charge >= 0.3 is 6.18 Å². The molecule has 0 saturated carbocycles.